The number of hydrogen-bond acceptors (Lipinski definition) is 48. The van der Waals surface area contributed by atoms with Crippen molar-refractivity contribution >= 4 is 53.2 Å². The summed E-state index contributed by atoms with van der Waals surface area (Å²) in [4.78, 5) is 127. The van der Waals surface area contributed by atoms with Crippen LogP contribution in [0.2, 0.25) is 0 Å². The van der Waals surface area contributed by atoms with E-state index in [1.54, 1.807) is 0 Å². The van der Waals surface area contributed by atoms with E-state index >= 15 is 0 Å². The molecule has 0 aromatic carbocycles. The Bertz CT molecular complexity index is 3670. The predicted molar refractivity (Wildman–Crippen MR) is 475 cm³/mol. The molecule has 0 spiro atoms. The van der Waals surface area contributed by atoms with Gasteiger partial charge in [-0.2, -0.15) is 0 Å². The van der Waals surface area contributed by atoms with Gasteiger partial charge in [0.2, 0.25) is 53.2 Å². The van der Waals surface area contributed by atoms with Crippen LogP contribution < -0.4 is 47.9 Å². The van der Waals surface area contributed by atoms with Crippen LogP contribution in [0.5, 0.6) is 0 Å². The second-order valence-corrected chi connectivity index (χ2v) is 35.9. The quantitative estimate of drug-likeness (QED) is 0.0251. The number of nitrogens with one attached hydrogen (secondary N) is 9. The van der Waals surface area contributed by atoms with E-state index in [4.69, 9.17) is 66.3 Å². The molecule has 7 heterocycles. The highest BCUT2D eigenvalue weighted by Gasteiger charge is 2.54. The maximum absolute atomic E-state index is 14.5. The summed E-state index contributed by atoms with van der Waals surface area (Å²) in [5.41, 5.74) is 0. The van der Waals surface area contributed by atoms with Gasteiger partial charge in [0, 0.05) is 58.9 Å². The third kappa shape index (κ3) is 38.7. The van der Waals surface area contributed by atoms with E-state index in [1.165, 1.54) is 37.5 Å². The van der Waals surface area contributed by atoms with Gasteiger partial charge in [0.05, 0.1) is 136 Å². The smallest absolute Gasteiger partial charge is 0.237 e. The van der Waals surface area contributed by atoms with Crippen LogP contribution in [0, 0.1) is 0 Å². The number of carbonyl (C=O) groups is 9. The maximum Gasteiger partial charge on any atom is 0.237 e. The molecule has 0 aromatic rings. The minimum absolute atomic E-state index is 0.0484. The van der Waals surface area contributed by atoms with E-state index in [1.807, 2.05) is 6.92 Å². The lowest BCUT2D eigenvalue weighted by molar-refractivity contribution is -0.366. The monoisotopic (exact) mass is 2060 g/mol. The summed E-state index contributed by atoms with van der Waals surface area (Å²) in [7, 11) is 0. The molecule has 57 heteroatoms. The van der Waals surface area contributed by atoms with Crippen molar-refractivity contribution in [2.45, 2.75) is 320 Å². The lowest BCUT2D eigenvalue weighted by atomic mass is 9.96. The highest BCUT2D eigenvalue weighted by Crippen LogP contribution is 2.33. The molecule has 822 valence electrons. The molecule has 0 radical (unpaired) electrons. The highest BCUT2D eigenvalue weighted by atomic mass is 16.8. The lowest BCUT2D eigenvalue weighted by Crippen LogP contribution is -2.65. The third-order valence-corrected chi connectivity index (χ3v) is 24.5. The van der Waals surface area contributed by atoms with Crippen molar-refractivity contribution in [3.8, 4) is 0 Å². The normalized spacial score (nSPS) is 34.6. The number of nitrogens with zero attached hydrogens (tertiary/aromatic N) is 3. The molecule has 7 fully saturated rings. The maximum atomic E-state index is 14.5. The Morgan fingerprint density at radius 2 is 0.528 bits per heavy atom. The first kappa shape index (κ1) is 123. The summed E-state index contributed by atoms with van der Waals surface area (Å²) in [5, 5.41) is 253. The Morgan fingerprint density at radius 1 is 0.268 bits per heavy atom. The van der Waals surface area contributed by atoms with E-state index in [0.717, 1.165) is 24.2 Å². The van der Waals surface area contributed by atoms with Gasteiger partial charge in [0.1, 0.15) is 146 Å². The average molecular weight is 2060 g/mol. The molecule has 0 bridgehead atoms. The first-order valence-electron chi connectivity index (χ1n) is 47.9. The summed E-state index contributed by atoms with van der Waals surface area (Å²) in [6.07, 6.45) is -51.3. The summed E-state index contributed by atoms with van der Waals surface area (Å²) in [6, 6.07) is -1.35. The van der Waals surface area contributed by atoms with Crippen LogP contribution in [-0.2, 0) is 109 Å². The highest BCUT2D eigenvalue weighted by molar-refractivity contribution is 5.87. The van der Waals surface area contributed by atoms with Crippen LogP contribution in [-0.4, -0.2) is 565 Å². The first-order valence-corrected chi connectivity index (χ1v) is 47.9. The lowest BCUT2D eigenvalue weighted by Gasteiger charge is -2.46. The Labute approximate surface area is 818 Å². The molecule has 0 saturated carbocycles. The van der Waals surface area contributed by atoms with E-state index in [-0.39, 0.29) is 98.0 Å². The molecular formula is C85H152N12O45. The third-order valence-electron chi connectivity index (χ3n) is 24.5. The predicted octanol–water partition coefficient (Wildman–Crippen LogP) is -17.9. The summed E-state index contributed by atoms with van der Waals surface area (Å²) < 4.78 is 77.9. The number of rotatable bonds is 61. The van der Waals surface area contributed by atoms with E-state index in [2.05, 4.69) is 47.9 Å². The van der Waals surface area contributed by atoms with Crippen molar-refractivity contribution in [2.24, 2.45) is 0 Å². The Hall–Kier alpha value is -6.33. The molecule has 7 saturated heterocycles. The molecule has 142 heavy (non-hydrogen) atoms. The van der Waals surface area contributed by atoms with Gasteiger partial charge in [-0.25, -0.2) is 0 Å². The van der Waals surface area contributed by atoms with E-state index in [9.17, 15) is 155 Å². The minimum Gasteiger partial charge on any atom is -0.394 e. The van der Waals surface area contributed by atoms with Crippen molar-refractivity contribution in [3.05, 3.63) is 0 Å². The van der Waals surface area contributed by atoms with Gasteiger partial charge in [-0.05, 0) is 72.6 Å². The van der Waals surface area contributed by atoms with Crippen LogP contribution >= 0.6 is 0 Å². The zero-order valence-electron chi connectivity index (χ0n) is 80.1. The Morgan fingerprint density at radius 3 is 0.852 bits per heavy atom. The minimum atomic E-state index is -2.04. The van der Waals surface area contributed by atoms with Crippen molar-refractivity contribution in [1.82, 2.24) is 62.6 Å². The number of carbonyl (C=O) groups excluding carboxylic acids is 9. The second-order valence-electron chi connectivity index (χ2n) is 35.9. The van der Waals surface area contributed by atoms with Crippen molar-refractivity contribution in [1.29, 1.82) is 0 Å². The second kappa shape index (κ2) is 62.8. The molecule has 7 aliphatic rings. The van der Waals surface area contributed by atoms with Crippen molar-refractivity contribution in [3.63, 3.8) is 0 Å². The Balaban J connectivity index is 0.938. The number of aliphatic hydroxyl groups is 22. The molecule has 57 nitrogen and oxygen atoms in total. The van der Waals surface area contributed by atoms with Crippen LogP contribution in [0.3, 0.4) is 0 Å². The molecule has 7 rings (SSSR count). The molecule has 31 N–H and O–H groups in total. The van der Waals surface area contributed by atoms with Gasteiger partial charge in [-0.3, -0.25) is 57.9 Å². The fraction of sp³-hybridized carbons (Fsp3) is 0.894. The number of ether oxygens (including phenoxy) is 14. The van der Waals surface area contributed by atoms with Gasteiger partial charge < -0.3 is 227 Å². The Kier molecular flexibility index (Phi) is 54.3. The SMILES string of the molecule is CCCCCCNC(=O)CN(CC(=O)NCCCCCNC(=O)CN(CC(=O)NCCO[C@@H]1O[C@@H](C)[C@@H](O)[C@@H](O)[C@@H]1O)CC(=O)NCCO[C@H]1O[C@H](CO[C@H]2O[C@H](CO)[C@@H](O)[C@H](O)[C@@H]2O)[C@@H](O)[C@H](O[C@H]2O[C@H](CO)[C@@H](O)[C@H](O)[C@@H]2O)[C@@H]1O)CC(=O)NCCCC[C@@H](C(=O)NCCO[C@@H]1O[C@@H](C)[C@@H](O)[C@@H](O)[C@@H]1O)N(CC(=O)NCCO[C@@H]1O[C@@H](C)[C@@H](O)[C@@H](O)[C@@H]1O)CC(=O)NCCO[C@@H]1O[C@@H](C)[C@@H](O)[C@@H](O)[C@@H]1O. The number of amides is 9. The number of hydrogen-bond donors (Lipinski definition) is 31. The van der Waals surface area contributed by atoms with Gasteiger partial charge in [0.15, 0.2) is 44.0 Å². The zero-order valence-corrected chi connectivity index (χ0v) is 80.1. The van der Waals surface area contributed by atoms with Gasteiger partial charge in [-0.15, -0.1) is 0 Å². The first-order chi connectivity index (χ1) is 67.5. The van der Waals surface area contributed by atoms with Crippen molar-refractivity contribution in [2.75, 3.05) is 164 Å². The molecule has 7 aliphatic heterocycles. The number of aliphatic hydroxyl groups excluding tert-OH is 22. The summed E-state index contributed by atoms with van der Waals surface area (Å²) >= 11 is 0. The fourth-order valence-electron chi connectivity index (χ4n) is 16.1. The molecular weight excluding hydrogens is 1910 g/mol. The van der Waals surface area contributed by atoms with Crippen LogP contribution in [0.15, 0.2) is 0 Å². The largest absolute Gasteiger partial charge is 0.394 e. The molecule has 0 unspecified atom stereocenters. The van der Waals surface area contributed by atoms with Gasteiger partial charge in [-0.1, -0.05) is 26.2 Å². The van der Waals surface area contributed by atoms with Gasteiger partial charge in [0.25, 0.3) is 0 Å². The van der Waals surface area contributed by atoms with E-state index < -0.39 is 353 Å². The fourth-order valence-corrected chi connectivity index (χ4v) is 16.1. The summed E-state index contributed by atoms with van der Waals surface area (Å²) in [5.74, 6) is -6.19. The van der Waals surface area contributed by atoms with Crippen molar-refractivity contribution < 1.29 is 222 Å². The van der Waals surface area contributed by atoms with Crippen LogP contribution in [0.25, 0.3) is 0 Å². The molecule has 0 aliphatic carbocycles. The van der Waals surface area contributed by atoms with E-state index in [0.29, 0.717) is 32.2 Å². The number of unbranched alkanes of at least 4 members (excludes halogenated alkanes) is 6. The van der Waals surface area contributed by atoms with Gasteiger partial charge >= 0.3 is 0 Å². The standard InChI is InChI=1S/C85H152N12O45/c1-6-7-8-11-16-86-49(100)30-95(33-52(103)89-19-14-10-15-45(78(128)94-24-29-132-82-73(124)67(118)60(111)44(5)138-82)97(36-55(106)92-22-26-130-80-71(122)65(116)58(109)42(3)136-80)37-56(107)93-23-27-131-81-72(123)66(117)59(110)43(4)137-81)31-50(101)87-17-12-9-13-18-88-51(102)32-96(34-53(104)90-20-25-129-79-70(121)64(115)57(108)41(2)135-79)35-54(105)91-21-28-133-84-76(127)77(142-85-75(126)69(120)62(113)47(39-99)140-85)63(114)48(141-84)40-134-83-74(125)68(119)61(112)46(38-98)139-83/h41-48,57-77,79-85,98-99,108-127H,6-40H2,1-5H3,(H,86,100)(H,87,101)(H,88,102)(H,89,103)(H,90,104)(H,91,105)(H,92,106)(H,93,107)(H,94,128)/t41-,42-,43-,44-,45-,46+,47+,48+,57+,58+,59+,60+,61+,62+,63+,64+,65+,66+,67+,68-,69-,70-,71-,72-,73-,74-,75-,76-,77-,79+,80+,81+,82+,83-,84-,85+/m0/s1. The molecule has 36 atom stereocenters. The topological polar surface area (TPSA) is 846 Å². The molecule has 9 amide bonds. The average Bonchev–Trinajstić information content (AvgIpc) is 0.781. The van der Waals surface area contributed by atoms with Crippen LogP contribution in [0.4, 0.5) is 0 Å². The summed E-state index contributed by atoms with van der Waals surface area (Å²) in [6.45, 7) is -1.93. The zero-order chi connectivity index (χ0) is 105. The van der Waals surface area contributed by atoms with Crippen LogP contribution in [0.1, 0.15) is 98.8 Å². The molecule has 0 aromatic heterocycles.